The number of rotatable bonds is 5. The highest BCUT2D eigenvalue weighted by molar-refractivity contribution is 7.27. The van der Waals surface area contributed by atoms with E-state index in [1.807, 2.05) is 6.07 Å². The fourth-order valence-electron chi connectivity index (χ4n) is 2.62. The Morgan fingerprint density at radius 2 is 1.61 bits per heavy atom. The van der Waals surface area contributed by atoms with E-state index in [4.69, 9.17) is 0 Å². The molecule has 1 nitrogen and oxygen atoms in total. The van der Waals surface area contributed by atoms with Gasteiger partial charge in [0.15, 0.2) is 0 Å². The van der Waals surface area contributed by atoms with Crippen molar-refractivity contribution in [2.75, 3.05) is 5.32 Å². The summed E-state index contributed by atoms with van der Waals surface area (Å²) in [6, 6.07) is 10.2. The molecular formula is C18H21F3NP. The van der Waals surface area contributed by atoms with Gasteiger partial charge in [-0.2, -0.15) is 13.2 Å². The SMILES string of the molecule is CCCc1cc(Nc2ccc(C(F)(F)F)c(P)c2)ccc1CC. The number of anilines is 2. The molecule has 1 unspecified atom stereocenters. The first-order valence-corrected chi connectivity index (χ1v) is 8.28. The zero-order chi connectivity index (χ0) is 17.0. The zero-order valence-electron chi connectivity index (χ0n) is 13.3. The highest BCUT2D eigenvalue weighted by Gasteiger charge is 2.32. The summed E-state index contributed by atoms with van der Waals surface area (Å²) >= 11 is 0. The van der Waals surface area contributed by atoms with Crippen molar-refractivity contribution in [2.45, 2.75) is 39.3 Å². The van der Waals surface area contributed by atoms with Crippen molar-refractivity contribution in [1.82, 2.24) is 0 Å². The first kappa shape index (κ1) is 17.8. The molecule has 2 aromatic rings. The normalized spacial score (nSPS) is 11.6. The molecule has 0 heterocycles. The molecule has 0 fully saturated rings. The van der Waals surface area contributed by atoms with E-state index >= 15 is 0 Å². The molecule has 2 aromatic carbocycles. The summed E-state index contributed by atoms with van der Waals surface area (Å²) in [5.74, 6) is 0. The van der Waals surface area contributed by atoms with Crippen LogP contribution in [0.2, 0.25) is 0 Å². The Hall–Kier alpha value is -1.54. The maximum atomic E-state index is 12.8. The molecule has 0 amide bonds. The quantitative estimate of drug-likeness (QED) is 0.713. The van der Waals surface area contributed by atoms with Gasteiger partial charge < -0.3 is 5.32 Å². The Morgan fingerprint density at radius 1 is 0.957 bits per heavy atom. The van der Waals surface area contributed by atoms with Gasteiger partial charge in [0, 0.05) is 11.4 Å². The van der Waals surface area contributed by atoms with Crippen LogP contribution in [0, 0.1) is 0 Å². The lowest BCUT2D eigenvalue weighted by Gasteiger charge is -2.14. The predicted molar refractivity (Wildman–Crippen MR) is 93.9 cm³/mol. The van der Waals surface area contributed by atoms with Crippen LogP contribution in [0.15, 0.2) is 36.4 Å². The first-order chi connectivity index (χ1) is 10.8. The smallest absolute Gasteiger partial charge is 0.356 e. The molecule has 5 heteroatoms. The summed E-state index contributed by atoms with van der Waals surface area (Å²) in [7, 11) is 2.16. The minimum absolute atomic E-state index is 0.140. The third kappa shape index (κ3) is 4.48. The molecule has 0 saturated carbocycles. The molecule has 0 radical (unpaired) electrons. The third-order valence-electron chi connectivity index (χ3n) is 3.75. The molecule has 0 aliphatic heterocycles. The molecule has 0 aromatic heterocycles. The Balaban J connectivity index is 2.25. The molecule has 0 bridgehead atoms. The lowest BCUT2D eigenvalue weighted by molar-refractivity contribution is -0.136. The van der Waals surface area contributed by atoms with Crippen LogP contribution in [-0.2, 0) is 19.0 Å². The highest BCUT2D eigenvalue weighted by Crippen LogP contribution is 2.30. The van der Waals surface area contributed by atoms with Crippen molar-refractivity contribution in [1.29, 1.82) is 0 Å². The molecule has 0 spiro atoms. The van der Waals surface area contributed by atoms with Crippen LogP contribution in [0.3, 0.4) is 0 Å². The Morgan fingerprint density at radius 3 is 2.17 bits per heavy atom. The number of benzene rings is 2. The summed E-state index contributed by atoms with van der Waals surface area (Å²) < 4.78 is 38.4. The van der Waals surface area contributed by atoms with Crippen LogP contribution in [0.1, 0.15) is 37.0 Å². The number of hydrogen-bond donors (Lipinski definition) is 1. The number of aryl methyl sites for hydroxylation is 2. The number of halogens is 3. The third-order valence-corrected chi connectivity index (χ3v) is 4.23. The first-order valence-electron chi connectivity index (χ1n) is 7.70. The van der Waals surface area contributed by atoms with Gasteiger partial charge >= 0.3 is 6.18 Å². The van der Waals surface area contributed by atoms with Gasteiger partial charge in [-0.3, -0.25) is 0 Å². The summed E-state index contributed by atoms with van der Waals surface area (Å²) in [6.07, 6.45) is -1.29. The van der Waals surface area contributed by atoms with Gasteiger partial charge in [0.05, 0.1) is 5.56 Å². The van der Waals surface area contributed by atoms with Gasteiger partial charge in [0.25, 0.3) is 0 Å². The minimum atomic E-state index is -4.33. The van der Waals surface area contributed by atoms with Crippen molar-refractivity contribution in [3.8, 4) is 0 Å². The van der Waals surface area contributed by atoms with E-state index in [0.717, 1.165) is 31.0 Å². The minimum Gasteiger partial charge on any atom is -0.356 e. The van der Waals surface area contributed by atoms with Gasteiger partial charge in [-0.05, 0) is 59.6 Å². The molecule has 0 aliphatic rings. The molecule has 0 aliphatic carbocycles. The molecule has 1 N–H and O–H groups in total. The van der Waals surface area contributed by atoms with Crippen LogP contribution in [0.25, 0.3) is 0 Å². The van der Waals surface area contributed by atoms with E-state index in [0.29, 0.717) is 5.69 Å². The predicted octanol–water partition coefficient (Wildman–Crippen LogP) is 5.46. The number of hydrogen-bond acceptors (Lipinski definition) is 1. The molecule has 23 heavy (non-hydrogen) atoms. The topological polar surface area (TPSA) is 12.0 Å². The Bertz CT molecular complexity index is 680. The standard InChI is InChI=1S/C18H21F3NP/c1-3-5-13-10-14(7-6-12(13)4-2)22-15-8-9-16(17(23)11-15)18(19,20)21/h6-11,22H,3-5,23H2,1-2H3. The van der Waals surface area contributed by atoms with Crippen LogP contribution in [0.5, 0.6) is 0 Å². The monoisotopic (exact) mass is 339 g/mol. The summed E-state index contributed by atoms with van der Waals surface area (Å²) in [5, 5.41) is 3.33. The lowest BCUT2D eigenvalue weighted by atomic mass is 10.0. The largest absolute Gasteiger partial charge is 0.417 e. The average Bonchev–Trinajstić information content (AvgIpc) is 2.46. The summed E-state index contributed by atoms with van der Waals surface area (Å²) in [4.78, 5) is 0. The van der Waals surface area contributed by atoms with Gasteiger partial charge in [0.1, 0.15) is 0 Å². The van der Waals surface area contributed by atoms with E-state index in [2.05, 4.69) is 40.5 Å². The van der Waals surface area contributed by atoms with Gasteiger partial charge in [-0.15, -0.1) is 9.24 Å². The summed E-state index contributed by atoms with van der Waals surface area (Å²) in [6.45, 7) is 4.26. The fraction of sp³-hybridized carbons (Fsp3) is 0.333. The Labute approximate surface area is 137 Å². The van der Waals surface area contributed by atoms with Crippen LogP contribution >= 0.6 is 9.24 Å². The van der Waals surface area contributed by atoms with Crippen molar-refractivity contribution in [3.05, 3.63) is 53.1 Å². The van der Waals surface area contributed by atoms with E-state index in [9.17, 15) is 13.2 Å². The maximum Gasteiger partial charge on any atom is 0.417 e. The average molecular weight is 339 g/mol. The molecule has 0 saturated heterocycles. The molecule has 1 atom stereocenters. The van der Waals surface area contributed by atoms with Crippen LogP contribution in [0.4, 0.5) is 24.5 Å². The highest BCUT2D eigenvalue weighted by atomic mass is 31.0. The number of nitrogens with one attached hydrogen (secondary N) is 1. The van der Waals surface area contributed by atoms with Gasteiger partial charge in [-0.1, -0.05) is 26.3 Å². The van der Waals surface area contributed by atoms with E-state index < -0.39 is 11.7 Å². The van der Waals surface area contributed by atoms with Crippen molar-refractivity contribution >= 4 is 25.9 Å². The fourth-order valence-corrected chi connectivity index (χ4v) is 3.06. The van der Waals surface area contributed by atoms with Crippen molar-refractivity contribution in [2.24, 2.45) is 0 Å². The molecule has 124 valence electrons. The maximum absolute atomic E-state index is 12.8. The second-order valence-electron chi connectivity index (χ2n) is 5.51. The zero-order valence-corrected chi connectivity index (χ0v) is 14.5. The number of alkyl halides is 3. The molecular weight excluding hydrogens is 318 g/mol. The summed E-state index contributed by atoms with van der Waals surface area (Å²) in [5.41, 5.74) is 3.53. The van der Waals surface area contributed by atoms with Crippen LogP contribution in [-0.4, -0.2) is 0 Å². The second kappa shape index (κ2) is 7.35. The van der Waals surface area contributed by atoms with Gasteiger partial charge in [-0.25, -0.2) is 0 Å². The molecule has 2 rings (SSSR count). The van der Waals surface area contributed by atoms with Gasteiger partial charge in [0.2, 0.25) is 0 Å². The van der Waals surface area contributed by atoms with E-state index in [1.54, 1.807) is 0 Å². The van der Waals surface area contributed by atoms with Crippen molar-refractivity contribution in [3.63, 3.8) is 0 Å². The Kier molecular flexibility index (Phi) is 5.69. The second-order valence-corrected chi connectivity index (χ2v) is 6.13. The van der Waals surface area contributed by atoms with E-state index in [1.165, 1.54) is 23.3 Å². The van der Waals surface area contributed by atoms with Crippen LogP contribution < -0.4 is 10.6 Å². The van der Waals surface area contributed by atoms with E-state index in [-0.39, 0.29) is 5.30 Å². The lowest BCUT2D eigenvalue weighted by Crippen LogP contribution is -2.14. The van der Waals surface area contributed by atoms with Crippen molar-refractivity contribution < 1.29 is 13.2 Å².